The molecule has 2 aliphatic carbocycles. The van der Waals surface area contributed by atoms with Gasteiger partial charge < -0.3 is 10.0 Å². The normalized spacial score (nSPS) is 29.8. The first kappa shape index (κ1) is 14.4. The Morgan fingerprint density at radius 3 is 2.16 bits per heavy atom. The Morgan fingerprint density at radius 1 is 1.16 bits per heavy atom. The highest BCUT2D eigenvalue weighted by molar-refractivity contribution is 5.91. The summed E-state index contributed by atoms with van der Waals surface area (Å²) in [6.07, 6.45) is 5.78. The standard InChI is InChI=1S/C15H25NO3/c1-4-16(10-8-6-5-7-9-10)13(17)11-12(14(18)19)15(11,2)3/h10-12H,4-9H2,1-3H3,(H,18,19). The van der Waals surface area contributed by atoms with Crippen LogP contribution in [0.5, 0.6) is 0 Å². The minimum atomic E-state index is -0.831. The molecule has 0 aromatic heterocycles. The highest BCUT2D eigenvalue weighted by Crippen LogP contribution is 2.59. The summed E-state index contributed by atoms with van der Waals surface area (Å²) in [6, 6.07) is 0.331. The molecular weight excluding hydrogens is 242 g/mol. The van der Waals surface area contributed by atoms with Gasteiger partial charge in [-0.1, -0.05) is 33.1 Å². The molecule has 2 fully saturated rings. The number of hydrogen-bond donors (Lipinski definition) is 1. The van der Waals surface area contributed by atoms with Crippen molar-refractivity contribution in [3.05, 3.63) is 0 Å². The minimum Gasteiger partial charge on any atom is -0.481 e. The quantitative estimate of drug-likeness (QED) is 0.851. The Kier molecular flexibility index (Phi) is 3.88. The summed E-state index contributed by atoms with van der Waals surface area (Å²) in [5.74, 6) is -1.60. The average Bonchev–Trinajstić information content (AvgIpc) is 2.94. The van der Waals surface area contributed by atoms with Gasteiger partial charge in [-0.05, 0) is 25.2 Å². The van der Waals surface area contributed by atoms with Gasteiger partial charge in [-0.25, -0.2) is 0 Å². The van der Waals surface area contributed by atoms with Gasteiger partial charge in [0.05, 0.1) is 11.8 Å². The van der Waals surface area contributed by atoms with Crippen molar-refractivity contribution in [3.63, 3.8) is 0 Å². The first-order valence-electron chi connectivity index (χ1n) is 7.44. The zero-order chi connectivity index (χ0) is 14.2. The molecule has 0 aromatic carbocycles. The van der Waals surface area contributed by atoms with E-state index in [1.165, 1.54) is 19.3 Å². The molecule has 2 rings (SSSR count). The largest absolute Gasteiger partial charge is 0.481 e. The third-order valence-corrected chi connectivity index (χ3v) is 5.00. The minimum absolute atomic E-state index is 0.0619. The van der Waals surface area contributed by atoms with Crippen molar-refractivity contribution < 1.29 is 14.7 Å². The Balaban J connectivity index is 2.07. The highest BCUT2D eigenvalue weighted by atomic mass is 16.4. The molecule has 4 heteroatoms. The van der Waals surface area contributed by atoms with E-state index in [0.29, 0.717) is 12.6 Å². The third kappa shape index (κ3) is 2.49. The van der Waals surface area contributed by atoms with Crippen LogP contribution in [0.25, 0.3) is 0 Å². The molecule has 0 bridgehead atoms. The Morgan fingerprint density at radius 2 is 1.74 bits per heavy atom. The van der Waals surface area contributed by atoms with Gasteiger partial charge in [-0.15, -0.1) is 0 Å². The summed E-state index contributed by atoms with van der Waals surface area (Å²) in [4.78, 5) is 25.8. The molecule has 2 unspecified atom stereocenters. The SMILES string of the molecule is CCN(C(=O)C1C(C(=O)O)C1(C)C)C1CCCCC1. The van der Waals surface area contributed by atoms with Gasteiger partial charge in [0.15, 0.2) is 0 Å². The van der Waals surface area contributed by atoms with Gasteiger partial charge in [-0.2, -0.15) is 0 Å². The molecule has 1 N–H and O–H groups in total. The maximum atomic E-state index is 12.6. The fourth-order valence-corrected chi connectivity index (χ4v) is 3.72. The van der Waals surface area contributed by atoms with E-state index in [2.05, 4.69) is 0 Å². The van der Waals surface area contributed by atoms with Crippen molar-refractivity contribution in [2.45, 2.75) is 58.9 Å². The molecule has 0 aromatic rings. The first-order valence-corrected chi connectivity index (χ1v) is 7.44. The van der Waals surface area contributed by atoms with Crippen LogP contribution >= 0.6 is 0 Å². The van der Waals surface area contributed by atoms with E-state index < -0.39 is 11.9 Å². The van der Waals surface area contributed by atoms with Gasteiger partial charge in [0.25, 0.3) is 0 Å². The van der Waals surface area contributed by atoms with Crippen LogP contribution < -0.4 is 0 Å². The fourth-order valence-electron chi connectivity index (χ4n) is 3.72. The molecule has 0 radical (unpaired) electrons. The summed E-state index contributed by atoms with van der Waals surface area (Å²) in [7, 11) is 0. The number of aliphatic carboxylic acids is 1. The monoisotopic (exact) mass is 267 g/mol. The van der Waals surface area contributed by atoms with Crippen LogP contribution in [0, 0.1) is 17.3 Å². The number of amides is 1. The number of carboxylic acids is 1. The molecule has 0 aliphatic heterocycles. The number of hydrogen-bond acceptors (Lipinski definition) is 2. The van der Waals surface area contributed by atoms with Gasteiger partial charge in [0, 0.05) is 12.6 Å². The fraction of sp³-hybridized carbons (Fsp3) is 0.867. The Bertz CT molecular complexity index is 372. The van der Waals surface area contributed by atoms with Crippen molar-refractivity contribution in [2.75, 3.05) is 6.54 Å². The number of rotatable bonds is 4. The van der Waals surface area contributed by atoms with Gasteiger partial charge in [0.1, 0.15) is 0 Å². The molecular formula is C15H25NO3. The van der Waals surface area contributed by atoms with E-state index in [1.54, 1.807) is 0 Å². The number of carbonyl (C=O) groups excluding carboxylic acids is 1. The van der Waals surface area contributed by atoms with Gasteiger partial charge in [0.2, 0.25) is 5.91 Å². The number of carbonyl (C=O) groups is 2. The number of carboxylic acid groups (broad SMARTS) is 1. The van der Waals surface area contributed by atoms with Crippen LogP contribution in [0.1, 0.15) is 52.9 Å². The van der Waals surface area contributed by atoms with Crippen molar-refractivity contribution in [3.8, 4) is 0 Å². The summed E-state index contributed by atoms with van der Waals surface area (Å²) in [6.45, 7) is 6.48. The van der Waals surface area contributed by atoms with E-state index >= 15 is 0 Å². The summed E-state index contributed by atoms with van der Waals surface area (Å²) < 4.78 is 0. The molecule has 2 saturated carbocycles. The van der Waals surface area contributed by atoms with Crippen LogP contribution in [0.2, 0.25) is 0 Å². The lowest BCUT2D eigenvalue weighted by Gasteiger charge is -2.34. The van der Waals surface area contributed by atoms with Crippen LogP contribution in [0.15, 0.2) is 0 Å². The predicted octanol–water partition coefficient (Wildman–Crippen LogP) is 2.52. The number of nitrogens with zero attached hydrogens (tertiary/aromatic N) is 1. The summed E-state index contributed by atoms with van der Waals surface area (Å²) in [5.41, 5.74) is -0.384. The van der Waals surface area contributed by atoms with E-state index in [4.69, 9.17) is 0 Å². The zero-order valence-electron chi connectivity index (χ0n) is 12.2. The zero-order valence-corrected chi connectivity index (χ0v) is 12.2. The van der Waals surface area contributed by atoms with E-state index in [0.717, 1.165) is 12.8 Å². The van der Waals surface area contributed by atoms with Crippen LogP contribution in [0.4, 0.5) is 0 Å². The molecule has 0 heterocycles. The second-order valence-corrected chi connectivity index (χ2v) is 6.53. The van der Waals surface area contributed by atoms with E-state index in [9.17, 15) is 14.7 Å². The van der Waals surface area contributed by atoms with Crippen molar-refractivity contribution in [1.82, 2.24) is 4.90 Å². The average molecular weight is 267 g/mol. The molecule has 108 valence electrons. The molecule has 2 aliphatic rings. The van der Waals surface area contributed by atoms with Crippen molar-refractivity contribution >= 4 is 11.9 Å². The predicted molar refractivity (Wildman–Crippen MR) is 72.7 cm³/mol. The molecule has 0 saturated heterocycles. The topological polar surface area (TPSA) is 57.6 Å². The molecule has 4 nitrogen and oxygen atoms in total. The van der Waals surface area contributed by atoms with E-state index in [-0.39, 0.29) is 17.2 Å². The first-order chi connectivity index (χ1) is 8.91. The second-order valence-electron chi connectivity index (χ2n) is 6.53. The molecule has 1 amide bonds. The van der Waals surface area contributed by atoms with Crippen LogP contribution in [-0.2, 0) is 9.59 Å². The Labute approximate surface area is 115 Å². The molecule has 0 spiro atoms. The van der Waals surface area contributed by atoms with Gasteiger partial charge in [-0.3, -0.25) is 9.59 Å². The second kappa shape index (κ2) is 5.14. The third-order valence-electron chi connectivity index (χ3n) is 5.00. The smallest absolute Gasteiger partial charge is 0.307 e. The van der Waals surface area contributed by atoms with Crippen molar-refractivity contribution in [1.29, 1.82) is 0 Å². The lowest BCUT2D eigenvalue weighted by molar-refractivity contribution is -0.143. The molecule has 2 atom stereocenters. The van der Waals surface area contributed by atoms with Crippen molar-refractivity contribution in [2.24, 2.45) is 17.3 Å². The van der Waals surface area contributed by atoms with Crippen LogP contribution in [0.3, 0.4) is 0 Å². The lowest BCUT2D eigenvalue weighted by atomic mass is 9.93. The lowest BCUT2D eigenvalue weighted by Crippen LogP contribution is -2.43. The Hall–Kier alpha value is -1.06. The maximum Gasteiger partial charge on any atom is 0.307 e. The van der Waals surface area contributed by atoms with Crippen LogP contribution in [-0.4, -0.2) is 34.5 Å². The summed E-state index contributed by atoms with van der Waals surface area (Å²) in [5, 5.41) is 9.20. The molecule has 19 heavy (non-hydrogen) atoms. The van der Waals surface area contributed by atoms with E-state index in [1.807, 2.05) is 25.7 Å². The highest BCUT2D eigenvalue weighted by Gasteiger charge is 2.66. The maximum absolute atomic E-state index is 12.6. The van der Waals surface area contributed by atoms with Gasteiger partial charge >= 0.3 is 5.97 Å². The summed E-state index contributed by atoms with van der Waals surface area (Å²) >= 11 is 0.